The van der Waals surface area contributed by atoms with Crippen LogP contribution >= 0.6 is 0 Å². The second kappa shape index (κ2) is 12.3. The van der Waals surface area contributed by atoms with Gasteiger partial charge in [-0.05, 0) is 42.5 Å². The van der Waals surface area contributed by atoms with Gasteiger partial charge in [-0.3, -0.25) is 14.4 Å². The summed E-state index contributed by atoms with van der Waals surface area (Å²) in [5.74, 6) is -1.90. The van der Waals surface area contributed by atoms with E-state index in [2.05, 4.69) is 10.6 Å². The number of benzene rings is 3. The van der Waals surface area contributed by atoms with E-state index in [4.69, 9.17) is 5.73 Å². The first-order valence-electron chi connectivity index (χ1n) is 11.2. The summed E-state index contributed by atoms with van der Waals surface area (Å²) in [7, 11) is 0. The fourth-order valence-electron chi connectivity index (χ4n) is 3.67. The van der Waals surface area contributed by atoms with Crippen molar-refractivity contribution in [2.24, 2.45) is 5.73 Å². The number of nitrogens with two attached hydrogens (primary N) is 1. The minimum absolute atomic E-state index is 0.328. The van der Waals surface area contributed by atoms with Crippen LogP contribution in [-0.2, 0) is 16.0 Å². The Bertz CT molecular complexity index is 1070. The Morgan fingerprint density at radius 3 is 1.94 bits per heavy atom. The molecule has 7 heteroatoms. The third kappa shape index (κ3) is 7.02. The van der Waals surface area contributed by atoms with Crippen molar-refractivity contribution in [1.82, 2.24) is 10.6 Å². The quantitative estimate of drug-likeness (QED) is 0.352. The van der Waals surface area contributed by atoms with E-state index in [1.54, 1.807) is 60.7 Å². The number of amides is 3. The maximum absolute atomic E-state index is 12.9. The van der Waals surface area contributed by atoms with Crippen LogP contribution in [0.15, 0.2) is 91.0 Å². The van der Waals surface area contributed by atoms with Crippen LogP contribution in [0.5, 0.6) is 0 Å². The lowest BCUT2D eigenvalue weighted by molar-refractivity contribution is -0.134. The van der Waals surface area contributed by atoms with Gasteiger partial charge in [0.15, 0.2) is 6.10 Å². The van der Waals surface area contributed by atoms with Gasteiger partial charge in [-0.25, -0.2) is 0 Å². The Morgan fingerprint density at radius 1 is 0.794 bits per heavy atom. The third-order valence-electron chi connectivity index (χ3n) is 5.53. The molecule has 0 fully saturated rings. The van der Waals surface area contributed by atoms with Crippen molar-refractivity contribution in [2.75, 3.05) is 0 Å². The summed E-state index contributed by atoms with van der Waals surface area (Å²) in [5, 5.41) is 16.2. The maximum Gasteiger partial charge on any atom is 0.252 e. The van der Waals surface area contributed by atoms with Gasteiger partial charge < -0.3 is 21.5 Å². The van der Waals surface area contributed by atoms with E-state index < -0.39 is 35.9 Å². The highest BCUT2D eigenvalue weighted by molar-refractivity contribution is 5.95. The van der Waals surface area contributed by atoms with E-state index >= 15 is 0 Å². The number of hydrogen-bond acceptors (Lipinski definition) is 4. The van der Waals surface area contributed by atoms with Gasteiger partial charge in [-0.15, -0.1) is 0 Å². The van der Waals surface area contributed by atoms with E-state index in [0.717, 1.165) is 12.0 Å². The van der Waals surface area contributed by atoms with Gasteiger partial charge in [-0.1, -0.05) is 78.9 Å². The molecule has 7 nitrogen and oxygen atoms in total. The number of hydrogen-bond donors (Lipinski definition) is 4. The molecule has 0 bridgehead atoms. The van der Waals surface area contributed by atoms with Crippen LogP contribution in [0, 0.1) is 0 Å². The molecule has 3 rings (SSSR count). The molecule has 5 N–H and O–H groups in total. The second-order valence-electron chi connectivity index (χ2n) is 8.01. The van der Waals surface area contributed by atoms with Crippen molar-refractivity contribution in [3.63, 3.8) is 0 Å². The van der Waals surface area contributed by atoms with E-state index in [1.165, 1.54) is 0 Å². The zero-order chi connectivity index (χ0) is 24.3. The molecular weight excluding hydrogens is 430 g/mol. The average Bonchev–Trinajstić information content (AvgIpc) is 2.87. The van der Waals surface area contributed by atoms with Crippen molar-refractivity contribution >= 4 is 17.7 Å². The largest absolute Gasteiger partial charge is 0.381 e. The van der Waals surface area contributed by atoms with Crippen LogP contribution in [0.25, 0.3) is 0 Å². The molecule has 0 heterocycles. The Hall–Kier alpha value is -3.97. The molecule has 0 saturated heterocycles. The number of aliphatic hydroxyl groups is 1. The van der Waals surface area contributed by atoms with Crippen molar-refractivity contribution < 1.29 is 19.5 Å². The van der Waals surface area contributed by atoms with Gasteiger partial charge in [0.05, 0.1) is 6.04 Å². The number of aliphatic hydroxyl groups excluding tert-OH is 1. The highest BCUT2D eigenvalue weighted by Gasteiger charge is 2.31. The van der Waals surface area contributed by atoms with Gasteiger partial charge in [0.25, 0.3) is 11.8 Å². The van der Waals surface area contributed by atoms with Crippen LogP contribution in [0.3, 0.4) is 0 Å². The lowest BCUT2D eigenvalue weighted by Crippen LogP contribution is -2.51. The molecule has 0 aromatic heterocycles. The molecule has 0 radical (unpaired) electrons. The first-order valence-corrected chi connectivity index (χ1v) is 11.2. The van der Waals surface area contributed by atoms with E-state index in [-0.39, 0.29) is 0 Å². The molecule has 3 atom stereocenters. The van der Waals surface area contributed by atoms with Crippen LogP contribution < -0.4 is 16.4 Å². The predicted molar refractivity (Wildman–Crippen MR) is 130 cm³/mol. The number of carbonyl (C=O) groups is 3. The summed E-state index contributed by atoms with van der Waals surface area (Å²) < 4.78 is 0. The first kappa shape index (κ1) is 24.7. The van der Waals surface area contributed by atoms with Crippen molar-refractivity contribution in [2.45, 2.75) is 37.5 Å². The molecule has 176 valence electrons. The van der Waals surface area contributed by atoms with E-state index in [9.17, 15) is 19.5 Å². The highest BCUT2D eigenvalue weighted by Crippen LogP contribution is 2.19. The van der Waals surface area contributed by atoms with E-state index in [0.29, 0.717) is 24.0 Å². The molecular formula is C27H29N3O4. The molecule has 34 heavy (non-hydrogen) atoms. The van der Waals surface area contributed by atoms with E-state index in [1.807, 2.05) is 30.3 Å². The number of carbonyl (C=O) groups excluding carboxylic acids is 3. The molecule has 0 saturated carbocycles. The first-order chi connectivity index (χ1) is 16.5. The van der Waals surface area contributed by atoms with Crippen molar-refractivity contribution in [3.8, 4) is 0 Å². The summed E-state index contributed by atoms with van der Waals surface area (Å²) in [6.45, 7) is 0. The molecule has 3 aromatic carbocycles. The van der Waals surface area contributed by atoms with Gasteiger partial charge >= 0.3 is 0 Å². The Morgan fingerprint density at radius 2 is 1.35 bits per heavy atom. The SMILES string of the molecule is NC(=O)[C@H](CCCc1ccccc1)NC(=O)[C@H](O)[C@@H](NC(=O)c1ccccc1)c1ccccc1. The minimum atomic E-state index is -1.63. The fourth-order valence-corrected chi connectivity index (χ4v) is 3.67. The molecule has 0 unspecified atom stereocenters. The van der Waals surface area contributed by atoms with Gasteiger partial charge in [0, 0.05) is 5.56 Å². The summed E-state index contributed by atoms with van der Waals surface area (Å²) in [5.41, 5.74) is 7.56. The summed E-state index contributed by atoms with van der Waals surface area (Å²) in [4.78, 5) is 37.6. The Kier molecular flexibility index (Phi) is 8.94. The van der Waals surface area contributed by atoms with Gasteiger partial charge in [0.2, 0.25) is 5.91 Å². The Balaban J connectivity index is 1.68. The normalized spacial score (nSPS) is 13.3. The molecule has 0 aliphatic rings. The van der Waals surface area contributed by atoms with Gasteiger partial charge in [-0.2, -0.15) is 0 Å². The molecule has 0 spiro atoms. The lowest BCUT2D eigenvalue weighted by atomic mass is 9.99. The monoisotopic (exact) mass is 459 g/mol. The summed E-state index contributed by atoms with van der Waals surface area (Å²) >= 11 is 0. The summed E-state index contributed by atoms with van der Waals surface area (Å²) in [6.07, 6.45) is 0.0460. The summed E-state index contributed by atoms with van der Waals surface area (Å²) in [6, 6.07) is 25.0. The average molecular weight is 460 g/mol. The smallest absolute Gasteiger partial charge is 0.252 e. The number of primary amides is 1. The molecule has 3 amide bonds. The van der Waals surface area contributed by atoms with Crippen LogP contribution in [0.4, 0.5) is 0 Å². The highest BCUT2D eigenvalue weighted by atomic mass is 16.3. The zero-order valence-electron chi connectivity index (χ0n) is 18.8. The maximum atomic E-state index is 12.9. The lowest BCUT2D eigenvalue weighted by Gasteiger charge is -2.26. The van der Waals surface area contributed by atoms with Crippen molar-refractivity contribution in [3.05, 3.63) is 108 Å². The molecule has 0 aliphatic heterocycles. The number of aryl methyl sites for hydroxylation is 1. The standard InChI is InChI=1S/C27H29N3O4/c28-25(32)22(18-10-13-19-11-4-1-5-12-19)29-27(34)24(31)23(20-14-6-2-7-15-20)30-26(33)21-16-8-3-9-17-21/h1-9,11-12,14-17,22-24,31H,10,13,18H2,(H2,28,32)(H,29,34)(H,30,33)/t22-,23-,24+/m0/s1. The number of rotatable bonds is 11. The van der Waals surface area contributed by atoms with Crippen molar-refractivity contribution in [1.29, 1.82) is 0 Å². The molecule has 0 aliphatic carbocycles. The third-order valence-corrected chi connectivity index (χ3v) is 5.53. The van der Waals surface area contributed by atoms with Crippen LogP contribution in [-0.4, -0.2) is 35.0 Å². The minimum Gasteiger partial charge on any atom is -0.381 e. The number of nitrogens with one attached hydrogen (secondary N) is 2. The van der Waals surface area contributed by atoms with Gasteiger partial charge in [0.1, 0.15) is 6.04 Å². The second-order valence-corrected chi connectivity index (χ2v) is 8.01. The van der Waals surface area contributed by atoms with Crippen LogP contribution in [0.2, 0.25) is 0 Å². The fraction of sp³-hybridized carbons (Fsp3) is 0.222. The van der Waals surface area contributed by atoms with Crippen LogP contribution in [0.1, 0.15) is 40.4 Å². The molecule has 3 aromatic rings. The Labute approximate surface area is 199 Å². The zero-order valence-corrected chi connectivity index (χ0v) is 18.8. The predicted octanol–water partition coefficient (Wildman–Crippen LogP) is 2.51. The topological polar surface area (TPSA) is 122 Å².